The van der Waals surface area contributed by atoms with Gasteiger partial charge in [0.05, 0.1) is 6.54 Å². The predicted octanol–water partition coefficient (Wildman–Crippen LogP) is 5.24. The zero-order chi connectivity index (χ0) is 34.1. The molecule has 0 bridgehead atoms. The molecule has 1 aliphatic rings. The van der Waals surface area contributed by atoms with Crippen molar-refractivity contribution in [1.29, 1.82) is 5.41 Å². The lowest BCUT2D eigenvalue weighted by Gasteiger charge is -2.28. The number of H-pyrrole nitrogens is 1. The van der Waals surface area contributed by atoms with Crippen LogP contribution < -0.4 is 20.1 Å². The first-order valence-corrected chi connectivity index (χ1v) is 14.8. The number of likely N-dealkylation sites (N-methyl/N-ethyl adjacent to an activating group) is 2. The molecule has 48 heavy (non-hydrogen) atoms. The van der Waals surface area contributed by atoms with Crippen molar-refractivity contribution in [3.05, 3.63) is 101 Å². The third kappa shape index (κ3) is 6.15. The van der Waals surface area contributed by atoms with Crippen molar-refractivity contribution >= 4 is 34.2 Å². The van der Waals surface area contributed by atoms with Crippen molar-refractivity contribution in [2.24, 2.45) is 10.7 Å². The van der Waals surface area contributed by atoms with Crippen LogP contribution in [0.25, 0.3) is 10.9 Å². The molecule has 14 heteroatoms. The summed E-state index contributed by atoms with van der Waals surface area (Å²) in [6.45, 7) is 1.34. The van der Waals surface area contributed by atoms with Crippen molar-refractivity contribution in [3.63, 3.8) is 0 Å². The fraction of sp³-hybridized carbons (Fsp3) is 0.176. The number of hydrogen-bond donors (Lipinski definition) is 5. The maximum absolute atomic E-state index is 16.4. The van der Waals surface area contributed by atoms with Crippen molar-refractivity contribution in [3.8, 4) is 29.0 Å². The number of nitrogen functional groups attached to an aromatic ring is 1. The fourth-order valence-electron chi connectivity index (χ4n) is 5.51. The molecule has 5 aromatic rings. The van der Waals surface area contributed by atoms with E-state index in [0.717, 1.165) is 22.3 Å². The van der Waals surface area contributed by atoms with Gasteiger partial charge in [0.15, 0.2) is 11.5 Å². The highest BCUT2D eigenvalue weighted by Crippen LogP contribution is 2.40. The average Bonchev–Trinajstić information content (AvgIpc) is 3.68. The van der Waals surface area contributed by atoms with E-state index in [1.807, 2.05) is 36.2 Å². The van der Waals surface area contributed by atoms with E-state index in [4.69, 9.17) is 20.6 Å². The highest BCUT2D eigenvalue weighted by Gasteiger charge is 2.33. The van der Waals surface area contributed by atoms with Gasteiger partial charge in [-0.05, 0) is 42.0 Å². The fourth-order valence-corrected chi connectivity index (χ4v) is 5.51. The van der Waals surface area contributed by atoms with Gasteiger partial charge in [0, 0.05) is 55.3 Å². The Labute approximate surface area is 273 Å². The Morgan fingerprint density at radius 3 is 2.56 bits per heavy atom. The number of aromatic amines is 1. The molecule has 0 spiro atoms. The Kier molecular flexibility index (Phi) is 8.55. The van der Waals surface area contributed by atoms with E-state index in [9.17, 15) is 15.0 Å². The van der Waals surface area contributed by atoms with Gasteiger partial charge in [-0.25, -0.2) is 4.79 Å². The summed E-state index contributed by atoms with van der Waals surface area (Å²) >= 11 is 0. The highest BCUT2D eigenvalue weighted by molar-refractivity contribution is 6.00. The number of rotatable bonds is 11. The van der Waals surface area contributed by atoms with Gasteiger partial charge in [-0.1, -0.05) is 30.3 Å². The first-order valence-electron chi connectivity index (χ1n) is 14.8. The Balaban J connectivity index is 1.44. The Morgan fingerprint density at radius 2 is 1.85 bits per heavy atom. The summed E-state index contributed by atoms with van der Waals surface area (Å²) in [5.41, 5.74) is 7.03. The van der Waals surface area contributed by atoms with E-state index in [1.165, 1.54) is 25.2 Å². The summed E-state index contributed by atoms with van der Waals surface area (Å²) in [5.74, 6) is -5.80. The number of anilines is 1. The Morgan fingerprint density at radius 1 is 1.10 bits per heavy atom. The summed E-state index contributed by atoms with van der Waals surface area (Å²) < 4.78 is 44.3. The van der Waals surface area contributed by atoms with Crippen molar-refractivity contribution in [1.82, 2.24) is 14.9 Å². The second kappa shape index (κ2) is 12.9. The second-order valence-corrected chi connectivity index (χ2v) is 11.2. The quantitative estimate of drug-likeness (QED) is 0.0942. The second-order valence-electron chi connectivity index (χ2n) is 11.2. The Hall–Kier alpha value is -6.18. The number of phenolic OH excluding ortho intramolecular Hbond substituents is 1. The van der Waals surface area contributed by atoms with Crippen molar-refractivity contribution in [2.75, 3.05) is 32.1 Å². The average molecular weight is 656 g/mol. The van der Waals surface area contributed by atoms with E-state index in [-0.39, 0.29) is 29.3 Å². The number of halogens is 2. The number of amidine groups is 2. The molecule has 12 nitrogen and oxygen atoms in total. The van der Waals surface area contributed by atoms with Crippen LogP contribution in [0, 0.1) is 17.0 Å². The highest BCUT2D eigenvalue weighted by atomic mass is 19.1. The number of nitrogens with zero attached hydrogens (tertiary/aromatic N) is 4. The molecule has 246 valence electrons. The number of carboxylic acids is 1. The van der Waals surface area contributed by atoms with Gasteiger partial charge in [-0.15, -0.1) is 0 Å². The maximum atomic E-state index is 16.4. The van der Waals surface area contributed by atoms with Gasteiger partial charge in [0.2, 0.25) is 11.6 Å². The molecular formula is C34H31F2N7O5. The number of fused-ring (bicyclic) bond motifs is 1. The number of pyridine rings is 1. The first-order chi connectivity index (χ1) is 23.0. The van der Waals surface area contributed by atoms with Crippen LogP contribution in [-0.2, 0) is 11.2 Å². The van der Waals surface area contributed by atoms with Crippen LogP contribution in [0.3, 0.4) is 0 Å². The number of ether oxygens (including phenoxy) is 2. The third-order valence-electron chi connectivity index (χ3n) is 8.03. The lowest BCUT2D eigenvalue weighted by Crippen LogP contribution is -2.41. The van der Waals surface area contributed by atoms with E-state index in [2.05, 4.69) is 15.0 Å². The van der Waals surface area contributed by atoms with E-state index < -0.39 is 46.8 Å². The van der Waals surface area contributed by atoms with Crippen LogP contribution in [0.4, 0.5) is 14.5 Å². The number of aliphatic imine (C=N–C) groups is 1. The monoisotopic (exact) mass is 655 g/mol. The van der Waals surface area contributed by atoms with Gasteiger partial charge in [0.25, 0.3) is 11.8 Å². The molecule has 3 aromatic carbocycles. The Bertz CT molecular complexity index is 2080. The number of carboxylic acid groups (broad SMARTS) is 1. The molecule has 0 radical (unpaired) electrons. The van der Waals surface area contributed by atoms with E-state index in [0.29, 0.717) is 23.5 Å². The number of aromatic hydroxyl groups is 1. The molecule has 6 N–H and O–H groups in total. The number of phenols is 1. The molecule has 1 unspecified atom stereocenters. The van der Waals surface area contributed by atoms with Crippen LogP contribution >= 0.6 is 0 Å². The minimum absolute atomic E-state index is 0.122. The van der Waals surface area contributed by atoms with Crippen LogP contribution in [0.15, 0.2) is 77.9 Å². The molecule has 1 aliphatic heterocycles. The summed E-state index contributed by atoms with van der Waals surface area (Å²) in [4.78, 5) is 27.1. The molecule has 0 saturated heterocycles. The normalized spacial score (nSPS) is 13.3. The number of aromatic nitrogens is 2. The minimum atomic E-state index is -1.45. The first kappa shape index (κ1) is 31.8. The van der Waals surface area contributed by atoms with E-state index in [1.54, 1.807) is 30.5 Å². The van der Waals surface area contributed by atoms with Crippen LogP contribution in [0.1, 0.15) is 16.7 Å². The molecule has 0 saturated carbocycles. The number of carbonyl (C=O) groups is 1. The van der Waals surface area contributed by atoms with Gasteiger partial charge in [-0.2, -0.15) is 13.8 Å². The van der Waals surface area contributed by atoms with Crippen molar-refractivity contribution in [2.45, 2.75) is 12.5 Å². The number of benzene rings is 3. The van der Waals surface area contributed by atoms with Crippen molar-refractivity contribution < 1.29 is 33.3 Å². The number of nitrogens with one attached hydrogen (secondary N) is 2. The molecule has 0 fully saturated rings. The molecule has 6 rings (SSSR count). The molecule has 0 amide bonds. The molecule has 3 heterocycles. The maximum Gasteiger partial charge on any atom is 0.326 e. The third-order valence-corrected chi connectivity index (χ3v) is 8.03. The summed E-state index contributed by atoms with van der Waals surface area (Å²) in [7, 11) is 3.13. The lowest BCUT2D eigenvalue weighted by atomic mass is 10.0. The summed E-state index contributed by atoms with van der Waals surface area (Å²) in [6.07, 6.45) is 1.53. The zero-order valence-electron chi connectivity index (χ0n) is 25.9. The number of hydrogen-bond acceptors (Lipinski definition) is 9. The van der Waals surface area contributed by atoms with Gasteiger partial charge < -0.3 is 40.2 Å². The standard InChI is InChI=1S/C34H31F2N7O5/c1-42-13-12-39-31(42)19-6-5-7-21(14-19)47-32-27(35)29(28(36)33(41-32)48-26-16-18(30(37)38)10-11-25(26)44)43(2)24(34(45)46)15-20-17-40-23-9-4-3-8-22(20)23/h3-11,14,16-17,24,40,44H,12-13,15H2,1-2H3,(H3,37,38)(H,45,46). The summed E-state index contributed by atoms with van der Waals surface area (Å²) in [5, 5.41) is 29.2. The SMILES string of the molecule is CN1CCN=C1c1cccc(Oc2nc(Oc3cc(C(=N)N)ccc3O)c(F)c(N(C)C(Cc3c[nH]c4ccccc34)C(=O)O)c2F)c1. The largest absolute Gasteiger partial charge is 0.504 e. The molecular weight excluding hydrogens is 624 g/mol. The van der Waals surface area contributed by atoms with Crippen LogP contribution in [0.5, 0.6) is 29.0 Å². The number of aliphatic carboxylic acids is 1. The topological polar surface area (TPSA) is 173 Å². The van der Waals surface area contributed by atoms with Gasteiger partial charge >= 0.3 is 5.97 Å². The number of nitrogens with two attached hydrogens (primary N) is 1. The zero-order valence-corrected chi connectivity index (χ0v) is 25.9. The predicted molar refractivity (Wildman–Crippen MR) is 176 cm³/mol. The van der Waals surface area contributed by atoms with Crippen LogP contribution in [0.2, 0.25) is 0 Å². The molecule has 1 atom stereocenters. The summed E-state index contributed by atoms with van der Waals surface area (Å²) in [6, 6.07) is 16.2. The lowest BCUT2D eigenvalue weighted by molar-refractivity contribution is -0.138. The van der Waals surface area contributed by atoms with E-state index >= 15 is 8.78 Å². The molecule has 2 aromatic heterocycles. The molecule has 0 aliphatic carbocycles. The number of para-hydroxylation sites is 1. The van der Waals surface area contributed by atoms with Crippen LogP contribution in [-0.4, -0.2) is 75.9 Å². The minimum Gasteiger partial charge on any atom is -0.504 e. The van der Waals surface area contributed by atoms with Gasteiger partial charge in [0.1, 0.15) is 29.1 Å². The smallest absolute Gasteiger partial charge is 0.326 e. The van der Waals surface area contributed by atoms with Gasteiger partial charge in [-0.3, -0.25) is 10.4 Å².